The Morgan fingerprint density at radius 3 is 1.57 bits per heavy atom. The number of nitrogens with zero attached hydrogens (tertiary/aromatic N) is 2. The molecule has 5 aromatic rings. The van der Waals surface area contributed by atoms with Crippen molar-refractivity contribution in [3.8, 4) is 0 Å². The number of aryl methyl sites for hydroxylation is 2. The fourth-order valence-electron chi connectivity index (χ4n) is 8.14. The monoisotopic (exact) mass is 794 g/mol. The fourth-order valence-corrected chi connectivity index (χ4v) is 8.14. The molecule has 7 nitrogen and oxygen atoms in total. The summed E-state index contributed by atoms with van der Waals surface area (Å²) in [4.78, 5) is 29.7. The molecular weight excluding hydrogens is 741 g/mol. The maximum Gasteiger partial charge on any atom is 0.354 e. The van der Waals surface area contributed by atoms with Crippen LogP contribution in [-0.4, -0.2) is 35.8 Å². The van der Waals surface area contributed by atoms with Crippen LogP contribution in [0.1, 0.15) is 73.9 Å². The molecule has 60 heavy (non-hydrogen) atoms. The molecule has 7 rings (SSSR count). The second kappa shape index (κ2) is 17.2. The molecule has 304 valence electrons. The van der Waals surface area contributed by atoms with Gasteiger partial charge in [0.15, 0.2) is 5.71 Å². The van der Waals surface area contributed by atoms with Gasteiger partial charge < -0.3 is 20.2 Å². The van der Waals surface area contributed by atoms with E-state index >= 15 is 0 Å². The van der Waals surface area contributed by atoms with Crippen LogP contribution < -0.4 is 15.1 Å². The van der Waals surface area contributed by atoms with Crippen molar-refractivity contribution >= 4 is 51.6 Å². The van der Waals surface area contributed by atoms with Crippen molar-refractivity contribution in [3.63, 3.8) is 0 Å². The Morgan fingerprint density at radius 2 is 1.10 bits per heavy atom. The zero-order valence-corrected chi connectivity index (χ0v) is 35.4. The minimum atomic E-state index is -1.48. The van der Waals surface area contributed by atoms with E-state index in [1.54, 1.807) is 36.4 Å². The van der Waals surface area contributed by atoms with Crippen molar-refractivity contribution < 1.29 is 14.7 Å². The van der Waals surface area contributed by atoms with E-state index in [2.05, 4.69) is 148 Å². The van der Waals surface area contributed by atoms with Crippen LogP contribution in [0.25, 0.3) is 5.57 Å². The van der Waals surface area contributed by atoms with E-state index in [-0.39, 0.29) is 16.4 Å². The van der Waals surface area contributed by atoms with Crippen molar-refractivity contribution in [2.75, 3.05) is 28.2 Å². The van der Waals surface area contributed by atoms with E-state index < -0.39 is 17.6 Å². The highest BCUT2D eigenvalue weighted by Crippen LogP contribution is 2.47. The Hall–Kier alpha value is -6.73. The van der Waals surface area contributed by atoms with Crippen LogP contribution >= 0.6 is 0 Å². The summed E-state index contributed by atoms with van der Waals surface area (Å²) in [6, 6.07) is 40.1. The Balaban J connectivity index is 1.28. The Labute approximate surface area is 354 Å². The minimum absolute atomic E-state index is 0.0386. The van der Waals surface area contributed by atoms with Crippen LogP contribution in [0.2, 0.25) is 0 Å². The summed E-state index contributed by atoms with van der Waals surface area (Å²) in [5.41, 5.74) is 12.6. The molecule has 0 saturated heterocycles. The third-order valence-corrected chi connectivity index (χ3v) is 11.9. The SMILES string of the molecule is Cc1ccc(N2CCC(C)(C)c3cc(C(=C/C=C/C=C/C=C(/C(=N)C(=O)O)C(=O)Nc4ccccc4)c4ccc5c(c4)C(C)(C)CCN5c4ccc(C)cc4)ccc32)cc1. The highest BCUT2D eigenvalue weighted by molar-refractivity contribution is 6.48. The molecule has 2 heterocycles. The van der Waals surface area contributed by atoms with Gasteiger partial charge in [-0.25, -0.2) is 4.79 Å². The predicted octanol–water partition coefficient (Wildman–Crippen LogP) is 12.2. The first-order valence-electron chi connectivity index (χ1n) is 20.6. The third kappa shape index (κ3) is 8.96. The van der Waals surface area contributed by atoms with Crippen molar-refractivity contribution in [2.45, 2.75) is 65.2 Å². The molecule has 0 unspecified atom stereocenters. The number of carbonyl (C=O) groups excluding carboxylic acids is 1. The molecule has 2 aliphatic rings. The van der Waals surface area contributed by atoms with Crippen LogP contribution in [0.15, 0.2) is 157 Å². The van der Waals surface area contributed by atoms with E-state index in [0.717, 1.165) is 42.6 Å². The summed E-state index contributed by atoms with van der Waals surface area (Å²) in [6.07, 6.45) is 12.7. The highest BCUT2D eigenvalue weighted by Gasteiger charge is 2.34. The molecule has 0 aromatic heterocycles. The summed E-state index contributed by atoms with van der Waals surface area (Å²) < 4.78 is 0. The van der Waals surface area contributed by atoms with E-state index in [1.165, 1.54) is 51.1 Å². The van der Waals surface area contributed by atoms with Crippen LogP contribution in [0.3, 0.4) is 0 Å². The molecule has 0 bridgehead atoms. The number of allylic oxidation sites excluding steroid dienone is 6. The van der Waals surface area contributed by atoms with E-state index in [0.29, 0.717) is 5.69 Å². The van der Waals surface area contributed by atoms with Gasteiger partial charge in [0.05, 0.1) is 5.57 Å². The molecule has 3 N–H and O–H groups in total. The maximum atomic E-state index is 13.1. The summed E-state index contributed by atoms with van der Waals surface area (Å²) in [5, 5.41) is 20.3. The Kier molecular flexibility index (Phi) is 11.9. The van der Waals surface area contributed by atoms with Gasteiger partial charge in [-0.05, 0) is 132 Å². The van der Waals surface area contributed by atoms with Crippen LogP contribution in [0.5, 0.6) is 0 Å². The smallest absolute Gasteiger partial charge is 0.354 e. The van der Waals surface area contributed by atoms with Crippen molar-refractivity contribution in [1.82, 2.24) is 0 Å². The number of carboxylic acid groups (broad SMARTS) is 1. The zero-order chi connectivity index (χ0) is 42.6. The topological polar surface area (TPSA) is 96.7 Å². The van der Waals surface area contributed by atoms with Gasteiger partial charge in [-0.3, -0.25) is 10.2 Å². The number of benzene rings is 5. The number of hydrogen-bond acceptors (Lipinski definition) is 5. The van der Waals surface area contributed by atoms with Gasteiger partial charge in [-0.15, -0.1) is 0 Å². The van der Waals surface area contributed by atoms with Crippen molar-refractivity contribution in [2.24, 2.45) is 0 Å². The Morgan fingerprint density at radius 1 is 0.633 bits per heavy atom. The molecule has 5 aromatic carbocycles. The highest BCUT2D eigenvalue weighted by atomic mass is 16.4. The molecule has 0 radical (unpaired) electrons. The average molecular weight is 795 g/mol. The number of carbonyl (C=O) groups is 2. The molecule has 0 fully saturated rings. The van der Waals surface area contributed by atoms with Gasteiger partial charge in [0.25, 0.3) is 5.91 Å². The summed E-state index contributed by atoms with van der Waals surface area (Å²) in [7, 11) is 0. The van der Waals surface area contributed by atoms with Gasteiger partial charge in [-0.2, -0.15) is 0 Å². The van der Waals surface area contributed by atoms with E-state index in [9.17, 15) is 14.7 Å². The predicted molar refractivity (Wildman–Crippen MR) is 248 cm³/mol. The molecule has 1 amide bonds. The lowest BCUT2D eigenvalue weighted by Gasteiger charge is -2.41. The molecule has 7 heteroatoms. The van der Waals surface area contributed by atoms with Crippen LogP contribution in [-0.2, 0) is 20.4 Å². The van der Waals surface area contributed by atoms with Crippen LogP contribution in [0.4, 0.5) is 28.4 Å². The number of carboxylic acids is 1. The van der Waals surface area contributed by atoms with E-state index in [4.69, 9.17) is 5.41 Å². The number of nitrogens with one attached hydrogen (secondary N) is 2. The molecule has 0 atom stereocenters. The number of hydrogen-bond donors (Lipinski definition) is 3. The van der Waals surface area contributed by atoms with Gasteiger partial charge in [0, 0.05) is 41.5 Å². The lowest BCUT2D eigenvalue weighted by Crippen LogP contribution is -2.34. The van der Waals surface area contributed by atoms with Crippen LogP contribution in [0, 0.1) is 19.3 Å². The lowest BCUT2D eigenvalue weighted by atomic mass is 9.75. The second-order valence-electron chi connectivity index (χ2n) is 17.1. The Bertz CT molecular complexity index is 2420. The first kappa shape index (κ1) is 41.4. The number of rotatable bonds is 11. The van der Waals surface area contributed by atoms with E-state index in [1.807, 2.05) is 18.2 Å². The molecular formula is C53H54N4O3. The number of para-hydroxylation sites is 1. The fraction of sp³-hybridized carbons (Fsp3) is 0.226. The second-order valence-corrected chi connectivity index (χ2v) is 17.1. The zero-order valence-electron chi connectivity index (χ0n) is 35.4. The first-order chi connectivity index (χ1) is 28.7. The van der Waals surface area contributed by atoms with Crippen molar-refractivity contribution in [3.05, 3.63) is 191 Å². The summed E-state index contributed by atoms with van der Waals surface area (Å²) >= 11 is 0. The number of fused-ring (bicyclic) bond motifs is 2. The molecule has 0 saturated carbocycles. The largest absolute Gasteiger partial charge is 0.477 e. The molecule has 0 spiro atoms. The molecule has 0 aliphatic carbocycles. The summed E-state index contributed by atoms with van der Waals surface area (Å²) in [6.45, 7) is 15.5. The van der Waals surface area contributed by atoms with Gasteiger partial charge >= 0.3 is 5.97 Å². The normalized spacial score (nSPS) is 15.7. The maximum absolute atomic E-state index is 13.1. The quantitative estimate of drug-likeness (QED) is 0.0703. The van der Waals surface area contributed by atoms with Gasteiger partial charge in [0.2, 0.25) is 0 Å². The van der Waals surface area contributed by atoms with Gasteiger partial charge in [0.1, 0.15) is 0 Å². The average Bonchev–Trinajstić information content (AvgIpc) is 3.23. The standard InChI is InChI=1S/C53H54N4O3/c1-36-18-24-41(25-19-36)56-32-30-52(3,4)45-34-38(22-28-47(45)56)43(16-12-7-8-13-17-44(49(54)51(59)60)50(58)55-40-14-10-9-11-15-40)39-23-29-48-46(35-39)53(5,6)31-33-57(48)42-26-20-37(2)21-27-42/h7-29,34-35,54H,30-33H2,1-6H3,(H,55,58)(H,59,60)/b12-7+,13-8+,44-17-,54-49?. The minimum Gasteiger partial charge on any atom is -0.477 e. The first-order valence-corrected chi connectivity index (χ1v) is 20.6. The number of aliphatic carboxylic acids is 1. The number of anilines is 5. The van der Waals surface area contributed by atoms with Gasteiger partial charge in [-0.1, -0.05) is 124 Å². The third-order valence-electron chi connectivity index (χ3n) is 11.9. The number of amides is 1. The summed E-state index contributed by atoms with van der Waals surface area (Å²) in [5.74, 6) is -2.15. The lowest BCUT2D eigenvalue weighted by molar-refractivity contribution is -0.129. The molecule has 2 aliphatic heterocycles. The van der Waals surface area contributed by atoms with Crippen molar-refractivity contribution in [1.29, 1.82) is 5.41 Å².